The fourth-order valence-corrected chi connectivity index (χ4v) is 3.94. The van der Waals surface area contributed by atoms with Gasteiger partial charge in [0.15, 0.2) is 0 Å². The topological polar surface area (TPSA) is 54.5 Å². The minimum Gasteiger partial charge on any atom is -0.374 e. The van der Waals surface area contributed by atoms with Crippen LogP contribution in [0.4, 0.5) is 0 Å². The maximum atomic E-state index is 12.3. The van der Waals surface area contributed by atoms with Gasteiger partial charge in [-0.15, -0.1) is 0 Å². The molecule has 0 unspecified atom stereocenters. The Hall–Kier alpha value is -1.46. The first kappa shape index (κ1) is 16.0. The molecule has 3 fully saturated rings. The Balaban J connectivity index is 1.25. The molecule has 1 saturated carbocycles. The van der Waals surface area contributed by atoms with Gasteiger partial charge in [-0.1, -0.05) is 6.07 Å². The van der Waals surface area contributed by atoms with Gasteiger partial charge in [0.25, 0.3) is 0 Å². The summed E-state index contributed by atoms with van der Waals surface area (Å²) in [7, 11) is 0. The second-order valence-corrected chi connectivity index (χ2v) is 7.72. The molecule has 5 nitrogen and oxygen atoms in total. The standard InChI is InChI=1S/C19H27N3O2/c23-18(21-12-15-3-4-15)17-10-19(24-14-17)5-8-22(9-6-19)13-16-2-1-7-20-11-16/h1-2,7,11,15,17H,3-6,8-10,12-14H2,(H,21,23)/t17-/m0/s1. The monoisotopic (exact) mass is 329 g/mol. The van der Waals surface area contributed by atoms with Crippen molar-refractivity contribution in [3.8, 4) is 0 Å². The van der Waals surface area contributed by atoms with Crippen molar-refractivity contribution in [3.05, 3.63) is 30.1 Å². The van der Waals surface area contributed by atoms with Crippen molar-refractivity contribution in [2.45, 2.75) is 44.2 Å². The van der Waals surface area contributed by atoms with E-state index in [1.165, 1.54) is 18.4 Å². The molecule has 0 bridgehead atoms. The van der Waals surface area contributed by atoms with Gasteiger partial charge in [-0.3, -0.25) is 14.7 Å². The van der Waals surface area contributed by atoms with Crippen molar-refractivity contribution in [2.24, 2.45) is 11.8 Å². The smallest absolute Gasteiger partial charge is 0.225 e. The van der Waals surface area contributed by atoms with E-state index in [-0.39, 0.29) is 17.4 Å². The van der Waals surface area contributed by atoms with Gasteiger partial charge in [0.05, 0.1) is 18.1 Å². The summed E-state index contributed by atoms with van der Waals surface area (Å²) >= 11 is 0. The number of carbonyl (C=O) groups is 1. The zero-order valence-electron chi connectivity index (χ0n) is 14.2. The normalized spacial score (nSPS) is 26.6. The van der Waals surface area contributed by atoms with Gasteiger partial charge in [-0.05, 0) is 49.7 Å². The Bertz CT molecular complexity index is 565. The molecule has 24 heavy (non-hydrogen) atoms. The first-order valence-corrected chi connectivity index (χ1v) is 9.25. The van der Waals surface area contributed by atoms with Crippen molar-refractivity contribution in [3.63, 3.8) is 0 Å². The first-order valence-electron chi connectivity index (χ1n) is 9.25. The van der Waals surface area contributed by atoms with Crippen molar-refractivity contribution in [2.75, 3.05) is 26.2 Å². The number of hydrogen-bond donors (Lipinski definition) is 1. The summed E-state index contributed by atoms with van der Waals surface area (Å²) in [6.45, 7) is 4.48. The number of likely N-dealkylation sites (tertiary alicyclic amines) is 1. The Kier molecular flexibility index (Phi) is 4.55. The van der Waals surface area contributed by atoms with E-state index in [9.17, 15) is 4.79 Å². The molecule has 1 spiro atoms. The molecule has 1 aliphatic carbocycles. The molecule has 1 aromatic heterocycles. The molecule has 1 atom stereocenters. The SMILES string of the molecule is O=C(NCC1CC1)[C@@H]1COC2(CCN(Cc3cccnc3)CC2)C1. The second-order valence-electron chi connectivity index (χ2n) is 7.72. The largest absolute Gasteiger partial charge is 0.374 e. The fraction of sp³-hybridized carbons (Fsp3) is 0.684. The number of nitrogens with zero attached hydrogens (tertiary/aromatic N) is 2. The van der Waals surface area contributed by atoms with Crippen molar-refractivity contribution >= 4 is 5.91 Å². The Morgan fingerprint density at radius 3 is 2.92 bits per heavy atom. The lowest BCUT2D eigenvalue weighted by atomic mass is 9.85. The third-order valence-corrected chi connectivity index (χ3v) is 5.74. The fourth-order valence-electron chi connectivity index (χ4n) is 3.94. The highest BCUT2D eigenvalue weighted by Gasteiger charge is 2.44. The first-order chi connectivity index (χ1) is 11.7. The Labute approximate surface area is 143 Å². The van der Waals surface area contributed by atoms with Crippen LogP contribution in [0.25, 0.3) is 0 Å². The van der Waals surface area contributed by atoms with Gasteiger partial charge < -0.3 is 10.1 Å². The van der Waals surface area contributed by atoms with Gasteiger partial charge in [0.1, 0.15) is 0 Å². The molecule has 1 amide bonds. The van der Waals surface area contributed by atoms with E-state index in [2.05, 4.69) is 21.3 Å². The number of carbonyl (C=O) groups excluding carboxylic acids is 1. The Morgan fingerprint density at radius 2 is 2.21 bits per heavy atom. The van der Waals surface area contributed by atoms with Crippen LogP contribution in [0, 0.1) is 11.8 Å². The quantitative estimate of drug-likeness (QED) is 0.897. The molecular formula is C19H27N3O2. The summed E-state index contributed by atoms with van der Waals surface area (Å²) in [6.07, 6.45) is 9.26. The lowest BCUT2D eigenvalue weighted by molar-refractivity contribution is -0.125. The van der Waals surface area contributed by atoms with Crippen LogP contribution < -0.4 is 5.32 Å². The van der Waals surface area contributed by atoms with E-state index in [1.807, 2.05) is 18.5 Å². The molecule has 3 aliphatic rings. The molecule has 1 N–H and O–H groups in total. The number of pyridine rings is 1. The number of ether oxygens (including phenoxy) is 1. The van der Waals surface area contributed by atoms with E-state index >= 15 is 0 Å². The van der Waals surface area contributed by atoms with Gasteiger partial charge in [0.2, 0.25) is 5.91 Å². The summed E-state index contributed by atoms with van der Waals surface area (Å²) in [6, 6.07) is 4.12. The summed E-state index contributed by atoms with van der Waals surface area (Å²) in [5, 5.41) is 3.11. The molecule has 3 heterocycles. The molecular weight excluding hydrogens is 302 g/mol. The van der Waals surface area contributed by atoms with Crippen molar-refractivity contribution in [1.29, 1.82) is 0 Å². The van der Waals surface area contributed by atoms with E-state index in [4.69, 9.17) is 4.74 Å². The number of rotatable bonds is 5. The summed E-state index contributed by atoms with van der Waals surface area (Å²) < 4.78 is 6.14. The number of nitrogens with one attached hydrogen (secondary N) is 1. The van der Waals surface area contributed by atoms with E-state index in [0.29, 0.717) is 6.61 Å². The molecule has 5 heteroatoms. The van der Waals surface area contributed by atoms with Crippen LogP contribution >= 0.6 is 0 Å². The van der Waals surface area contributed by atoms with Crippen LogP contribution in [0.15, 0.2) is 24.5 Å². The average Bonchev–Trinajstić information content (AvgIpc) is 3.36. The predicted octanol–water partition coefficient (Wildman–Crippen LogP) is 1.98. The molecule has 130 valence electrons. The second kappa shape index (κ2) is 6.81. The van der Waals surface area contributed by atoms with E-state index in [0.717, 1.165) is 51.4 Å². The third kappa shape index (κ3) is 3.78. The number of hydrogen-bond acceptors (Lipinski definition) is 4. The molecule has 1 aromatic rings. The van der Waals surface area contributed by atoms with Crippen LogP contribution in [-0.4, -0.2) is 47.6 Å². The highest BCUT2D eigenvalue weighted by Crippen LogP contribution is 2.39. The third-order valence-electron chi connectivity index (χ3n) is 5.74. The van der Waals surface area contributed by atoms with E-state index in [1.54, 1.807) is 0 Å². The minimum absolute atomic E-state index is 0.0497. The van der Waals surface area contributed by atoms with Gasteiger partial charge in [-0.2, -0.15) is 0 Å². The lowest BCUT2D eigenvalue weighted by Crippen LogP contribution is -2.44. The summed E-state index contributed by atoms with van der Waals surface area (Å²) in [5.74, 6) is 0.992. The minimum atomic E-state index is -0.0625. The summed E-state index contributed by atoms with van der Waals surface area (Å²) in [4.78, 5) is 19.0. The number of piperidine rings is 1. The molecule has 4 rings (SSSR count). The van der Waals surface area contributed by atoms with Crippen molar-refractivity contribution < 1.29 is 9.53 Å². The molecule has 0 aromatic carbocycles. The maximum absolute atomic E-state index is 12.3. The van der Waals surface area contributed by atoms with Crippen LogP contribution in [-0.2, 0) is 16.1 Å². The van der Waals surface area contributed by atoms with Crippen LogP contribution in [0.5, 0.6) is 0 Å². The van der Waals surface area contributed by atoms with E-state index < -0.39 is 0 Å². The zero-order valence-corrected chi connectivity index (χ0v) is 14.2. The van der Waals surface area contributed by atoms with Crippen molar-refractivity contribution in [1.82, 2.24) is 15.2 Å². The highest BCUT2D eigenvalue weighted by atomic mass is 16.5. The highest BCUT2D eigenvalue weighted by molar-refractivity contribution is 5.79. The maximum Gasteiger partial charge on any atom is 0.225 e. The van der Waals surface area contributed by atoms with Crippen LogP contribution in [0.3, 0.4) is 0 Å². The van der Waals surface area contributed by atoms with Gasteiger partial charge in [-0.25, -0.2) is 0 Å². The Morgan fingerprint density at radius 1 is 1.38 bits per heavy atom. The van der Waals surface area contributed by atoms with Gasteiger partial charge in [0, 0.05) is 38.6 Å². The number of aromatic nitrogens is 1. The number of amides is 1. The predicted molar refractivity (Wildman–Crippen MR) is 91.3 cm³/mol. The lowest BCUT2D eigenvalue weighted by Gasteiger charge is -2.38. The van der Waals surface area contributed by atoms with Gasteiger partial charge >= 0.3 is 0 Å². The average molecular weight is 329 g/mol. The van der Waals surface area contributed by atoms with Crippen LogP contribution in [0.1, 0.15) is 37.7 Å². The zero-order chi connectivity index (χ0) is 16.4. The molecule has 2 saturated heterocycles. The summed E-state index contributed by atoms with van der Waals surface area (Å²) in [5.41, 5.74) is 1.20. The molecule has 2 aliphatic heterocycles. The molecule has 0 radical (unpaired) electrons. The van der Waals surface area contributed by atoms with Crippen LogP contribution in [0.2, 0.25) is 0 Å².